The largest absolute Gasteiger partial charge is 0.359 e. The van der Waals surface area contributed by atoms with Crippen molar-refractivity contribution in [1.82, 2.24) is 5.32 Å². The van der Waals surface area contributed by atoms with E-state index in [9.17, 15) is 4.79 Å². The van der Waals surface area contributed by atoms with E-state index in [0.29, 0.717) is 6.42 Å². The molecule has 0 aliphatic carbocycles. The fourth-order valence-electron chi connectivity index (χ4n) is 1.64. The first kappa shape index (κ1) is 11.5. The molecule has 0 spiro atoms. The Morgan fingerprint density at radius 1 is 1.43 bits per heavy atom. The van der Waals surface area contributed by atoms with Crippen molar-refractivity contribution in [2.75, 3.05) is 6.61 Å². The number of nitrogens with one attached hydrogen (secondary N) is 1. The summed E-state index contributed by atoms with van der Waals surface area (Å²) in [4.78, 5) is 11.4. The van der Waals surface area contributed by atoms with Crippen molar-refractivity contribution in [3.63, 3.8) is 0 Å². The zero-order chi connectivity index (χ0) is 10.2. The van der Waals surface area contributed by atoms with Gasteiger partial charge in [-0.25, -0.2) is 0 Å². The van der Waals surface area contributed by atoms with Gasteiger partial charge in [-0.15, -0.1) is 0 Å². The van der Waals surface area contributed by atoms with Gasteiger partial charge in [0.05, 0.1) is 0 Å². The number of carbonyl (C=O) groups excluding carboxylic acids is 1. The molecule has 3 nitrogen and oxygen atoms in total. The maximum atomic E-state index is 11.4. The van der Waals surface area contributed by atoms with E-state index in [1.165, 1.54) is 6.42 Å². The van der Waals surface area contributed by atoms with E-state index in [0.717, 1.165) is 38.7 Å². The summed E-state index contributed by atoms with van der Waals surface area (Å²) < 4.78 is 5.42. The molecule has 82 valence electrons. The fraction of sp³-hybridized carbons (Fsp3) is 0.909. The van der Waals surface area contributed by atoms with Gasteiger partial charge in [0.15, 0.2) is 0 Å². The average Bonchev–Trinajstić information content (AvgIpc) is 2.20. The number of amides is 1. The van der Waals surface area contributed by atoms with E-state index in [-0.39, 0.29) is 12.1 Å². The third-order valence-electron chi connectivity index (χ3n) is 2.51. The summed E-state index contributed by atoms with van der Waals surface area (Å²) in [6.07, 6.45) is 7.19. The van der Waals surface area contributed by atoms with Crippen LogP contribution in [-0.4, -0.2) is 18.7 Å². The predicted octanol–water partition coefficient (Wildman–Crippen LogP) is 2.21. The van der Waals surface area contributed by atoms with E-state index in [1.807, 2.05) is 0 Å². The number of carbonyl (C=O) groups is 1. The fourth-order valence-corrected chi connectivity index (χ4v) is 1.64. The number of hydrogen-bond donors (Lipinski definition) is 1. The lowest BCUT2D eigenvalue weighted by atomic mass is 10.1. The topological polar surface area (TPSA) is 38.3 Å². The van der Waals surface area contributed by atoms with E-state index < -0.39 is 0 Å². The lowest BCUT2D eigenvalue weighted by molar-refractivity contribution is -0.126. The maximum Gasteiger partial charge on any atom is 0.221 e. The Balaban J connectivity index is 2.06. The summed E-state index contributed by atoms with van der Waals surface area (Å²) in [6.45, 7) is 2.93. The van der Waals surface area contributed by atoms with Crippen molar-refractivity contribution in [2.24, 2.45) is 0 Å². The second-order valence-electron chi connectivity index (χ2n) is 3.88. The Kier molecular flexibility index (Phi) is 5.60. The van der Waals surface area contributed by atoms with Crippen molar-refractivity contribution >= 4 is 5.91 Å². The molecule has 0 saturated carbocycles. The van der Waals surface area contributed by atoms with Crippen LogP contribution < -0.4 is 5.32 Å². The Hall–Kier alpha value is -0.570. The van der Waals surface area contributed by atoms with E-state index in [4.69, 9.17) is 4.74 Å². The van der Waals surface area contributed by atoms with Gasteiger partial charge < -0.3 is 10.1 Å². The molecule has 0 aromatic rings. The van der Waals surface area contributed by atoms with E-state index in [1.54, 1.807) is 0 Å². The van der Waals surface area contributed by atoms with Crippen LogP contribution in [0.2, 0.25) is 0 Å². The van der Waals surface area contributed by atoms with Crippen LogP contribution in [0.3, 0.4) is 0 Å². The minimum absolute atomic E-state index is 0.0159. The zero-order valence-corrected chi connectivity index (χ0v) is 9.05. The minimum atomic E-state index is -0.0159. The first-order valence-electron chi connectivity index (χ1n) is 5.74. The summed E-state index contributed by atoms with van der Waals surface area (Å²) in [5.74, 6) is 0.144. The van der Waals surface area contributed by atoms with Gasteiger partial charge in [0, 0.05) is 13.0 Å². The van der Waals surface area contributed by atoms with Crippen molar-refractivity contribution in [2.45, 2.75) is 58.1 Å². The van der Waals surface area contributed by atoms with Crippen molar-refractivity contribution in [1.29, 1.82) is 0 Å². The van der Waals surface area contributed by atoms with Crippen LogP contribution in [-0.2, 0) is 9.53 Å². The molecule has 1 rings (SSSR count). The van der Waals surface area contributed by atoms with Gasteiger partial charge in [-0.2, -0.15) is 0 Å². The van der Waals surface area contributed by atoms with Gasteiger partial charge in [0.2, 0.25) is 5.91 Å². The standard InChI is InChI=1S/C11H21NO2/c1-2-3-4-7-10(13)12-11-8-5-6-9-14-11/h11H,2-9H2,1H3,(H,12,13). The molecule has 1 fully saturated rings. The normalized spacial score (nSPS) is 21.9. The van der Waals surface area contributed by atoms with Crippen LogP contribution in [0, 0.1) is 0 Å². The Bertz CT molecular complexity index is 165. The zero-order valence-electron chi connectivity index (χ0n) is 9.05. The van der Waals surface area contributed by atoms with Gasteiger partial charge in [-0.3, -0.25) is 4.79 Å². The maximum absolute atomic E-state index is 11.4. The van der Waals surface area contributed by atoms with Crippen molar-refractivity contribution in [3.05, 3.63) is 0 Å². The van der Waals surface area contributed by atoms with Crippen LogP contribution in [0.25, 0.3) is 0 Å². The van der Waals surface area contributed by atoms with Crippen molar-refractivity contribution in [3.8, 4) is 0 Å². The number of unbranched alkanes of at least 4 members (excludes halogenated alkanes) is 2. The minimum Gasteiger partial charge on any atom is -0.359 e. The quantitative estimate of drug-likeness (QED) is 0.689. The average molecular weight is 199 g/mol. The Morgan fingerprint density at radius 3 is 2.93 bits per heavy atom. The molecular weight excluding hydrogens is 178 g/mol. The molecule has 0 bridgehead atoms. The van der Waals surface area contributed by atoms with Gasteiger partial charge in [-0.05, 0) is 25.7 Å². The highest BCUT2D eigenvalue weighted by molar-refractivity contribution is 5.75. The predicted molar refractivity (Wildman–Crippen MR) is 55.9 cm³/mol. The van der Waals surface area contributed by atoms with Crippen LogP contribution in [0.4, 0.5) is 0 Å². The Morgan fingerprint density at radius 2 is 2.29 bits per heavy atom. The lowest BCUT2D eigenvalue weighted by Gasteiger charge is -2.23. The molecule has 0 radical (unpaired) electrons. The molecule has 1 atom stereocenters. The second kappa shape index (κ2) is 6.82. The molecular formula is C11H21NO2. The lowest BCUT2D eigenvalue weighted by Crippen LogP contribution is -2.38. The molecule has 1 heterocycles. The number of hydrogen-bond acceptors (Lipinski definition) is 2. The van der Waals surface area contributed by atoms with Crippen LogP contribution in [0.5, 0.6) is 0 Å². The monoisotopic (exact) mass is 199 g/mol. The molecule has 1 unspecified atom stereocenters. The van der Waals surface area contributed by atoms with E-state index >= 15 is 0 Å². The molecule has 1 amide bonds. The molecule has 1 saturated heterocycles. The van der Waals surface area contributed by atoms with Gasteiger partial charge in [0.25, 0.3) is 0 Å². The third kappa shape index (κ3) is 4.61. The van der Waals surface area contributed by atoms with Gasteiger partial charge in [0.1, 0.15) is 6.23 Å². The van der Waals surface area contributed by atoms with Crippen molar-refractivity contribution < 1.29 is 9.53 Å². The second-order valence-corrected chi connectivity index (χ2v) is 3.88. The van der Waals surface area contributed by atoms with Gasteiger partial charge >= 0.3 is 0 Å². The summed E-state index contributed by atoms with van der Waals surface area (Å²) in [5, 5.41) is 2.92. The SMILES string of the molecule is CCCCCC(=O)NC1CCCCO1. The molecule has 0 aromatic heterocycles. The first-order chi connectivity index (χ1) is 6.83. The first-order valence-corrected chi connectivity index (χ1v) is 5.74. The van der Waals surface area contributed by atoms with Crippen LogP contribution in [0.15, 0.2) is 0 Å². The highest BCUT2D eigenvalue weighted by Crippen LogP contribution is 2.10. The number of ether oxygens (including phenoxy) is 1. The highest BCUT2D eigenvalue weighted by Gasteiger charge is 2.15. The summed E-state index contributed by atoms with van der Waals surface area (Å²) in [5.41, 5.74) is 0. The molecule has 1 N–H and O–H groups in total. The highest BCUT2D eigenvalue weighted by atomic mass is 16.5. The molecule has 14 heavy (non-hydrogen) atoms. The van der Waals surface area contributed by atoms with Gasteiger partial charge in [-0.1, -0.05) is 19.8 Å². The number of rotatable bonds is 5. The summed E-state index contributed by atoms with van der Waals surface area (Å²) >= 11 is 0. The molecule has 3 heteroatoms. The van der Waals surface area contributed by atoms with E-state index in [2.05, 4.69) is 12.2 Å². The summed E-state index contributed by atoms with van der Waals surface area (Å²) in [7, 11) is 0. The van der Waals surface area contributed by atoms with Crippen LogP contribution in [0.1, 0.15) is 51.9 Å². The molecule has 0 aromatic carbocycles. The molecule has 1 aliphatic rings. The smallest absolute Gasteiger partial charge is 0.221 e. The summed E-state index contributed by atoms with van der Waals surface area (Å²) in [6, 6.07) is 0. The molecule has 1 aliphatic heterocycles. The Labute approximate surface area is 86.2 Å². The third-order valence-corrected chi connectivity index (χ3v) is 2.51. The van der Waals surface area contributed by atoms with Crippen LogP contribution >= 0.6 is 0 Å².